The average molecular weight is 316 g/mol. The van der Waals surface area contributed by atoms with Gasteiger partial charge < -0.3 is 5.11 Å². The Bertz CT molecular complexity index is 761. The highest BCUT2D eigenvalue weighted by Gasteiger charge is 2.39. The maximum Gasteiger partial charge on any atom is 0.300 e. The number of aromatic hydroxyl groups is 1. The Kier molecular flexibility index (Phi) is 4.04. The van der Waals surface area contributed by atoms with E-state index in [0.717, 1.165) is 26.1 Å². The van der Waals surface area contributed by atoms with Crippen LogP contribution in [0, 0.1) is 17.1 Å². The first kappa shape index (κ1) is 15.3. The van der Waals surface area contributed by atoms with Crippen LogP contribution in [0.3, 0.4) is 0 Å². The summed E-state index contributed by atoms with van der Waals surface area (Å²) in [5, 5.41) is 19.1. The van der Waals surface area contributed by atoms with E-state index in [9.17, 15) is 10.4 Å². The van der Waals surface area contributed by atoms with Gasteiger partial charge in [0.1, 0.15) is 5.75 Å². The highest BCUT2D eigenvalue weighted by Crippen LogP contribution is 2.41. The normalized spacial score (nSPS) is 28.7. The summed E-state index contributed by atoms with van der Waals surface area (Å²) < 4.78 is 0. The number of likely N-dealkylation sites (tertiary alicyclic amines) is 1. The molecule has 3 aliphatic rings. The number of rotatable bonds is 3. The first-order valence-electron chi connectivity index (χ1n) is 8.71. The first-order valence-corrected chi connectivity index (χ1v) is 8.71. The van der Waals surface area contributed by atoms with Gasteiger partial charge in [-0.2, -0.15) is 0 Å². The summed E-state index contributed by atoms with van der Waals surface area (Å²) in [6.45, 7) is 3.06. The molecule has 3 nitrogen and oxygen atoms in total. The van der Waals surface area contributed by atoms with Crippen LogP contribution in [0.5, 0.6) is 5.75 Å². The number of hydrogen-bond acceptors (Lipinski definition) is 3. The van der Waals surface area contributed by atoms with Crippen LogP contribution in [0.1, 0.15) is 17.9 Å². The van der Waals surface area contributed by atoms with E-state index in [0.29, 0.717) is 23.4 Å². The summed E-state index contributed by atoms with van der Waals surface area (Å²) in [7, 11) is 0. The van der Waals surface area contributed by atoms with E-state index in [1.54, 1.807) is 6.07 Å². The summed E-state index contributed by atoms with van der Waals surface area (Å²) in [5.41, 5.74) is 2.62. The molecule has 1 aromatic carbocycles. The number of phenols is 1. The van der Waals surface area contributed by atoms with Gasteiger partial charge in [-0.25, -0.2) is 5.26 Å². The number of nitriles is 1. The SMILES string of the molecule is N#CB1C=C(CN2CCC(c3cccc(O)c3)C2)C2C=CC=CC12. The van der Waals surface area contributed by atoms with Gasteiger partial charge in [0.25, 0.3) is 0 Å². The molecule has 24 heavy (non-hydrogen) atoms. The highest BCUT2D eigenvalue weighted by molar-refractivity contribution is 6.75. The predicted molar refractivity (Wildman–Crippen MR) is 96.9 cm³/mol. The molecule has 1 saturated heterocycles. The molecule has 1 fully saturated rings. The lowest BCUT2D eigenvalue weighted by molar-refractivity contribution is 0.355. The van der Waals surface area contributed by atoms with E-state index in [1.165, 1.54) is 11.1 Å². The zero-order chi connectivity index (χ0) is 16.5. The van der Waals surface area contributed by atoms with E-state index in [-0.39, 0.29) is 6.71 Å². The van der Waals surface area contributed by atoms with Crippen molar-refractivity contribution in [2.45, 2.75) is 18.2 Å². The van der Waals surface area contributed by atoms with Gasteiger partial charge in [0, 0.05) is 19.1 Å². The molecule has 0 spiro atoms. The van der Waals surface area contributed by atoms with Gasteiger partial charge in [-0.05, 0) is 48.3 Å². The van der Waals surface area contributed by atoms with Crippen molar-refractivity contribution >= 4 is 6.71 Å². The van der Waals surface area contributed by atoms with Gasteiger partial charge in [-0.15, -0.1) is 0 Å². The van der Waals surface area contributed by atoms with Gasteiger partial charge in [0.15, 0.2) is 0 Å². The van der Waals surface area contributed by atoms with E-state index < -0.39 is 0 Å². The van der Waals surface area contributed by atoms with Gasteiger partial charge in [0.05, 0.1) is 0 Å². The Hall–Kier alpha value is -2.25. The van der Waals surface area contributed by atoms with Crippen molar-refractivity contribution in [3.05, 3.63) is 65.7 Å². The van der Waals surface area contributed by atoms with Crippen LogP contribution in [0.2, 0.25) is 5.82 Å². The Labute approximate surface area is 143 Å². The number of hydrogen-bond donors (Lipinski definition) is 1. The Morgan fingerprint density at radius 1 is 1.29 bits per heavy atom. The molecule has 2 aliphatic heterocycles. The minimum absolute atomic E-state index is 0.00988. The number of allylic oxidation sites excluding steroid dienone is 4. The maximum absolute atomic E-state index is 9.69. The van der Waals surface area contributed by atoms with Crippen molar-refractivity contribution < 1.29 is 5.11 Å². The van der Waals surface area contributed by atoms with Crippen molar-refractivity contribution in [3.63, 3.8) is 0 Å². The fraction of sp³-hybridized carbons (Fsp3) is 0.350. The fourth-order valence-corrected chi connectivity index (χ4v) is 4.36. The molecule has 0 saturated carbocycles. The van der Waals surface area contributed by atoms with Gasteiger partial charge in [-0.3, -0.25) is 4.90 Å². The van der Waals surface area contributed by atoms with Crippen molar-refractivity contribution in [2.24, 2.45) is 5.92 Å². The Balaban J connectivity index is 1.44. The number of benzene rings is 1. The summed E-state index contributed by atoms with van der Waals surface area (Å²) in [6.07, 6.45) is 9.73. The van der Waals surface area contributed by atoms with Crippen LogP contribution >= 0.6 is 0 Å². The van der Waals surface area contributed by atoms with Crippen LogP contribution in [0.4, 0.5) is 0 Å². The summed E-state index contributed by atoms with van der Waals surface area (Å²) >= 11 is 0. The number of nitrogens with zero attached hydrogens (tertiary/aromatic N) is 2. The van der Waals surface area contributed by atoms with E-state index in [1.807, 2.05) is 12.1 Å². The van der Waals surface area contributed by atoms with E-state index >= 15 is 0 Å². The lowest BCUT2D eigenvalue weighted by Gasteiger charge is -2.24. The molecule has 3 atom stereocenters. The molecule has 120 valence electrons. The number of fused-ring (bicyclic) bond motifs is 1. The highest BCUT2D eigenvalue weighted by atomic mass is 16.3. The molecule has 3 unspecified atom stereocenters. The lowest BCUT2D eigenvalue weighted by Crippen LogP contribution is -2.25. The molecule has 4 heteroatoms. The van der Waals surface area contributed by atoms with Crippen LogP contribution in [0.15, 0.2) is 60.1 Å². The smallest absolute Gasteiger partial charge is 0.300 e. The zero-order valence-corrected chi connectivity index (χ0v) is 13.7. The largest absolute Gasteiger partial charge is 0.508 e. The average Bonchev–Trinajstić information content (AvgIpc) is 3.20. The molecule has 0 bridgehead atoms. The summed E-state index contributed by atoms with van der Waals surface area (Å²) in [5.74, 6) is 6.19. The van der Waals surface area contributed by atoms with Gasteiger partial charge in [0.2, 0.25) is 0 Å². The lowest BCUT2D eigenvalue weighted by atomic mass is 9.43. The monoisotopic (exact) mass is 316 g/mol. The molecular weight excluding hydrogens is 295 g/mol. The molecule has 0 radical (unpaired) electrons. The zero-order valence-electron chi connectivity index (χ0n) is 13.7. The molecule has 4 rings (SSSR count). The molecule has 1 aliphatic carbocycles. The molecule has 1 N–H and O–H groups in total. The third-order valence-electron chi connectivity index (χ3n) is 5.58. The Morgan fingerprint density at radius 2 is 2.17 bits per heavy atom. The standard InChI is InChI=1S/C20H21BN2O/c22-14-21-11-17(19-6-1-2-7-20(19)21)13-23-9-8-16(12-23)15-4-3-5-18(24)10-15/h1-7,10-11,16,19-20,24H,8-9,12-13H2. The van der Waals surface area contributed by atoms with Crippen molar-refractivity contribution in [3.8, 4) is 11.7 Å². The van der Waals surface area contributed by atoms with Crippen LogP contribution < -0.4 is 0 Å². The van der Waals surface area contributed by atoms with Crippen molar-refractivity contribution in [1.82, 2.24) is 4.90 Å². The van der Waals surface area contributed by atoms with Crippen molar-refractivity contribution in [2.75, 3.05) is 19.6 Å². The number of phenolic OH excluding ortho intramolecular Hbond substituents is 1. The maximum atomic E-state index is 9.69. The minimum Gasteiger partial charge on any atom is -0.508 e. The van der Waals surface area contributed by atoms with Crippen LogP contribution in [-0.2, 0) is 0 Å². The summed E-state index contributed by atoms with van der Waals surface area (Å²) in [6, 6.07) is 7.65. The van der Waals surface area contributed by atoms with Crippen LogP contribution in [-0.4, -0.2) is 36.4 Å². The third-order valence-corrected chi connectivity index (χ3v) is 5.58. The minimum atomic E-state index is 0.00988. The molecule has 2 heterocycles. The second kappa shape index (κ2) is 6.34. The van der Waals surface area contributed by atoms with Crippen molar-refractivity contribution in [1.29, 1.82) is 5.26 Å². The summed E-state index contributed by atoms with van der Waals surface area (Å²) in [4.78, 5) is 2.49. The second-order valence-electron chi connectivity index (χ2n) is 7.09. The molecule has 1 aromatic rings. The molecular formula is C20H21BN2O. The van der Waals surface area contributed by atoms with Gasteiger partial charge in [-0.1, -0.05) is 48.0 Å². The quantitative estimate of drug-likeness (QED) is 0.870. The second-order valence-corrected chi connectivity index (χ2v) is 7.09. The molecule has 0 aromatic heterocycles. The van der Waals surface area contributed by atoms with Gasteiger partial charge >= 0.3 is 6.71 Å². The molecule has 0 amide bonds. The topological polar surface area (TPSA) is 47.3 Å². The first-order chi connectivity index (χ1) is 11.7. The fourth-order valence-electron chi connectivity index (χ4n) is 4.36. The van der Waals surface area contributed by atoms with E-state index in [4.69, 9.17) is 0 Å². The van der Waals surface area contributed by atoms with E-state index in [2.05, 4.69) is 47.2 Å². The predicted octanol–water partition coefficient (Wildman–Crippen LogP) is 3.33. The van der Waals surface area contributed by atoms with Crippen LogP contribution in [0.25, 0.3) is 0 Å². The third kappa shape index (κ3) is 2.81. The Morgan fingerprint density at radius 3 is 3.00 bits per heavy atom.